The van der Waals surface area contributed by atoms with Gasteiger partial charge in [0.1, 0.15) is 0 Å². The summed E-state index contributed by atoms with van der Waals surface area (Å²) in [5.41, 5.74) is 1.19. The Balaban J connectivity index is 2.30. The second-order valence-electron chi connectivity index (χ2n) is 4.50. The molecule has 1 atom stereocenters. The Hall–Kier alpha value is -0.410. The quantitative estimate of drug-likeness (QED) is 0.805. The molecular weight excluding hydrogens is 204 g/mol. The number of nitrogens with one attached hydrogen (secondary N) is 1. The van der Waals surface area contributed by atoms with Gasteiger partial charge in [-0.05, 0) is 25.7 Å². The second kappa shape index (κ2) is 6.23. The van der Waals surface area contributed by atoms with Crippen molar-refractivity contribution in [2.75, 3.05) is 0 Å². The Morgan fingerprint density at radius 2 is 2.13 bits per heavy atom. The van der Waals surface area contributed by atoms with Gasteiger partial charge in [0, 0.05) is 18.0 Å². The number of thiazole rings is 1. The molecule has 0 aliphatic carbocycles. The molecule has 0 saturated carbocycles. The molecule has 1 unspecified atom stereocenters. The van der Waals surface area contributed by atoms with Crippen LogP contribution in [0, 0.1) is 5.92 Å². The highest BCUT2D eigenvalue weighted by molar-refractivity contribution is 7.09. The van der Waals surface area contributed by atoms with E-state index in [4.69, 9.17) is 0 Å². The first-order valence-corrected chi connectivity index (χ1v) is 6.66. The molecule has 1 heterocycles. The van der Waals surface area contributed by atoms with E-state index >= 15 is 0 Å². The molecule has 15 heavy (non-hydrogen) atoms. The van der Waals surface area contributed by atoms with Crippen molar-refractivity contribution >= 4 is 11.3 Å². The predicted molar refractivity (Wildman–Crippen MR) is 67.2 cm³/mol. The molecule has 0 aliphatic rings. The molecule has 0 saturated heterocycles. The minimum Gasteiger partial charge on any atom is -0.309 e. The summed E-state index contributed by atoms with van der Waals surface area (Å²) >= 11 is 1.76. The van der Waals surface area contributed by atoms with Gasteiger partial charge < -0.3 is 5.32 Å². The fraction of sp³-hybridized carbons (Fsp3) is 0.750. The molecule has 0 amide bonds. The molecule has 1 aromatic heterocycles. The summed E-state index contributed by atoms with van der Waals surface area (Å²) in [6.07, 6.45) is 2.27. The maximum Gasteiger partial charge on any atom is 0.0926 e. The van der Waals surface area contributed by atoms with Crippen molar-refractivity contribution in [1.82, 2.24) is 10.3 Å². The maximum atomic E-state index is 4.54. The number of hydrogen-bond acceptors (Lipinski definition) is 3. The van der Waals surface area contributed by atoms with E-state index in [0.717, 1.165) is 18.9 Å². The van der Waals surface area contributed by atoms with E-state index in [0.29, 0.717) is 6.04 Å². The van der Waals surface area contributed by atoms with Crippen LogP contribution in [0.4, 0.5) is 0 Å². The highest BCUT2D eigenvalue weighted by Crippen LogP contribution is 2.10. The second-order valence-corrected chi connectivity index (χ2v) is 5.44. The van der Waals surface area contributed by atoms with E-state index in [1.807, 2.05) is 0 Å². The lowest BCUT2D eigenvalue weighted by Gasteiger charge is -2.14. The summed E-state index contributed by atoms with van der Waals surface area (Å²) in [4.78, 5) is 4.54. The molecule has 3 heteroatoms. The van der Waals surface area contributed by atoms with Crippen molar-refractivity contribution in [3.8, 4) is 0 Å². The first kappa shape index (κ1) is 12.7. The van der Waals surface area contributed by atoms with E-state index in [9.17, 15) is 0 Å². The van der Waals surface area contributed by atoms with Gasteiger partial charge in [0.05, 0.1) is 10.7 Å². The van der Waals surface area contributed by atoms with Crippen LogP contribution in [0.3, 0.4) is 0 Å². The Kier molecular flexibility index (Phi) is 5.26. The van der Waals surface area contributed by atoms with Crippen LogP contribution in [-0.2, 0) is 13.0 Å². The smallest absolute Gasteiger partial charge is 0.0926 e. The number of hydrogen-bond donors (Lipinski definition) is 1. The van der Waals surface area contributed by atoms with Crippen LogP contribution in [0.15, 0.2) is 5.38 Å². The largest absolute Gasteiger partial charge is 0.309 e. The minimum absolute atomic E-state index is 0.580. The van der Waals surface area contributed by atoms with E-state index in [2.05, 4.69) is 43.4 Å². The van der Waals surface area contributed by atoms with Gasteiger partial charge in [-0.1, -0.05) is 20.8 Å². The van der Waals surface area contributed by atoms with Crippen LogP contribution in [0.25, 0.3) is 0 Å². The van der Waals surface area contributed by atoms with E-state index < -0.39 is 0 Å². The summed E-state index contributed by atoms with van der Waals surface area (Å²) in [5.74, 6) is 0.758. The lowest BCUT2D eigenvalue weighted by molar-refractivity contribution is 0.439. The molecule has 1 aromatic rings. The van der Waals surface area contributed by atoms with Crippen molar-refractivity contribution in [2.45, 2.75) is 53.1 Å². The van der Waals surface area contributed by atoms with Crippen LogP contribution in [0.5, 0.6) is 0 Å². The molecule has 0 bridgehead atoms. The van der Waals surface area contributed by atoms with Gasteiger partial charge in [-0.25, -0.2) is 4.98 Å². The normalized spacial score (nSPS) is 13.4. The van der Waals surface area contributed by atoms with Crippen LogP contribution in [0.2, 0.25) is 0 Å². The lowest BCUT2D eigenvalue weighted by Crippen LogP contribution is -2.26. The summed E-state index contributed by atoms with van der Waals surface area (Å²) in [7, 11) is 0. The molecule has 86 valence electrons. The maximum absolute atomic E-state index is 4.54. The third-order valence-electron chi connectivity index (χ3n) is 2.36. The summed E-state index contributed by atoms with van der Waals surface area (Å²) in [5, 5.41) is 6.91. The molecule has 0 aliphatic heterocycles. The standard InChI is InChI=1S/C12H22N2S/c1-5-12-14-11(8-15-12)7-13-10(4)6-9(2)3/h8-10,13H,5-7H2,1-4H3. The zero-order valence-corrected chi connectivity index (χ0v) is 11.0. The SMILES string of the molecule is CCc1nc(CNC(C)CC(C)C)cs1. The van der Waals surface area contributed by atoms with E-state index in [-0.39, 0.29) is 0 Å². The predicted octanol–water partition coefficient (Wildman–Crippen LogP) is 3.23. The summed E-state index contributed by atoms with van der Waals surface area (Å²) in [6.45, 7) is 9.82. The van der Waals surface area contributed by atoms with Gasteiger partial charge >= 0.3 is 0 Å². The number of nitrogens with zero attached hydrogens (tertiary/aromatic N) is 1. The number of aryl methyl sites for hydroxylation is 1. The first-order valence-electron chi connectivity index (χ1n) is 5.78. The van der Waals surface area contributed by atoms with Crippen LogP contribution < -0.4 is 5.32 Å². The average Bonchev–Trinajstić information content (AvgIpc) is 2.61. The van der Waals surface area contributed by atoms with Gasteiger partial charge in [0.2, 0.25) is 0 Å². The summed E-state index contributed by atoms with van der Waals surface area (Å²) < 4.78 is 0. The third-order valence-corrected chi connectivity index (χ3v) is 3.40. The van der Waals surface area contributed by atoms with Crippen LogP contribution >= 0.6 is 11.3 Å². The van der Waals surface area contributed by atoms with E-state index in [1.54, 1.807) is 11.3 Å². The van der Waals surface area contributed by atoms with Crippen molar-refractivity contribution < 1.29 is 0 Å². The van der Waals surface area contributed by atoms with Crippen molar-refractivity contribution in [3.63, 3.8) is 0 Å². The lowest BCUT2D eigenvalue weighted by atomic mass is 10.1. The topological polar surface area (TPSA) is 24.9 Å². The molecular formula is C12H22N2S. The first-order chi connectivity index (χ1) is 7.11. The van der Waals surface area contributed by atoms with Crippen molar-refractivity contribution in [1.29, 1.82) is 0 Å². The van der Waals surface area contributed by atoms with Crippen molar-refractivity contribution in [3.05, 3.63) is 16.1 Å². The van der Waals surface area contributed by atoms with Gasteiger partial charge in [-0.2, -0.15) is 0 Å². The molecule has 1 rings (SSSR count). The number of aromatic nitrogens is 1. The average molecular weight is 226 g/mol. The Morgan fingerprint density at radius 1 is 1.40 bits per heavy atom. The molecule has 0 spiro atoms. The zero-order valence-electron chi connectivity index (χ0n) is 10.2. The third kappa shape index (κ3) is 4.76. The van der Waals surface area contributed by atoms with Crippen molar-refractivity contribution in [2.24, 2.45) is 5.92 Å². The summed E-state index contributed by atoms with van der Waals surface area (Å²) in [6, 6.07) is 0.580. The van der Waals surface area contributed by atoms with Gasteiger partial charge in [0.15, 0.2) is 0 Å². The minimum atomic E-state index is 0.580. The fourth-order valence-corrected chi connectivity index (χ4v) is 2.41. The highest BCUT2D eigenvalue weighted by Gasteiger charge is 2.05. The zero-order chi connectivity index (χ0) is 11.3. The molecule has 1 N–H and O–H groups in total. The van der Waals surface area contributed by atoms with Gasteiger partial charge in [0.25, 0.3) is 0 Å². The monoisotopic (exact) mass is 226 g/mol. The molecule has 0 fully saturated rings. The Morgan fingerprint density at radius 3 is 2.67 bits per heavy atom. The number of rotatable bonds is 6. The molecule has 0 aromatic carbocycles. The van der Waals surface area contributed by atoms with Crippen LogP contribution in [-0.4, -0.2) is 11.0 Å². The van der Waals surface area contributed by atoms with Gasteiger partial charge in [-0.15, -0.1) is 11.3 Å². The van der Waals surface area contributed by atoms with Crippen LogP contribution in [0.1, 0.15) is 44.8 Å². The van der Waals surface area contributed by atoms with Gasteiger partial charge in [-0.3, -0.25) is 0 Å². The van der Waals surface area contributed by atoms with E-state index in [1.165, 1.54) is 17.1 Å². The molecule has 0 radical (unpaired) electrons. The fourth-order valence-electron chi connectivity index (χ4n) is 1.66. The highest BCUT2D eigenvalue weighted by atomic mass is 32.1. The Bertz CT molecular complexity index is 281. The Labute approximate surface area is 97.1 Å². The molecule has 2 nitrogen and oxygen atoms in total.